The van der Waals surface area contributed by atoms with E-state index in [9.17, 15) is 15.0 Å². The lowest BCUT2D eigenvalue weighted by Crippen LogP contribution is -2.31. The van der Waals surface area contributed by atoms with Crippen LogP contribution in [0.5, 0.6) is 5.75 Å². The highest BCUT2D eigenvalue weighted by atomic mass is 35.5. The number of nitrogens with zero attached hydrogens (tertiary/aromatic N) is 3. The number of benzene rings is 2. The summed E-state index contributed by atoms with van der Waals surface area (Å²) < 4.78 is 11.6. The van der Waals surface area contributed by atoms with Crippen molar-refractivity contribution in [1.82, 2.24) is 10.1 Å². The molecule has 4 aromatic rings. The second kappa shape index (κ2) is 11.2. The van der Waals surface area contributed by atoms with Crippen LogP contribution in [0.25, 0.3) is 11.3 Å². The van der Waals surface area contributed by atoms with Crippen LogP contribution < -0.4 is 9.64 Å². The Balaban J connectivity index is 1.36. The monoisotopic (exact) mass is 617 g/mol. The van der Waals surface area contributed by atoms with E-state index in [2.05, 4.69) is 10.1 Å². The maximum absolute atomic E-state index is 11.5. The lowest BCUT2D eigenvalue weighted by molar-refractivity contribution is 0.0451. The van der Waals surface area contributed by atoms with E-state index >= 15 is 0 Å². The first-order valence-electron chi connectivity index (χ1n) is 12.6. The van der Waals surface area contributed by atoms with Crippen LogP contribution in [0, 0.1) is 0 Å². The number of aliphatic hydroxyl groups is 2. The molecule has 214 valence electrons. The van der Waals surface area contributed by atoms with Crippen LogP contribution in [0.4, 0.5) is 5.82 Å². The number of rotatable bonds is 8. The highest BCUT2D eigenvalue weighted by Crippen LogP contribution is 2.41. The fraction of sp³-hybridized carbons (Fsp3) is 0.276. The summed E-state index contributed by atoms with van der Waals surface area (Å²) in [5.41, 5.74) is -0.711. The zero-order chi connectivity index (χ0) is 29.5. The van der Waals surface area contributed by atoms with Gasteiger partial charge in [0.2, 0.25) is 0 Å². The Labute approximate surface area is 250 Å². The molecule has 1 unspecified atom stereocenters. The normalized spacial score (nSPS) is 17.2. The number of ether oxygens (including phenoxy) is 1. The molecule has 0 aliphatic carbocycles. The van der Waals surface area contributed by atoms with Gasteiger partial charge in [0.1, 0.15) is 35.1 Å². The third-order valence-corrected chi connectivity index (χ3v) is 7.88. The lowest BCUT2D eigenvalue weighted by Gasteiger charge is -2.25. The van der Waals surface area contributed by atoms with Gasteiger partial charge in [0, 0.05) is 23.9 Å². The van der Waals surface area contributed by atoms with Crippen molar-refractivity contribution < 1.29 is 29.4 Å². The van der Waals surface area contributed by atoms with E-state index in [1.165, 1.54) is 12.3 Å². The van der Waals surface area contributed by atoms with Crippen molar-refractivity contribution in [2.75, 3.05) is 18.0 Å². The maximum Gasteiger partial charge on any atom is 0.337 e. The van der Waals surface area contributed by atoms with Crippen molar-refractivity contribution in [3.05, 3.63) is 92.2 Å². The topological polar surface area (TPSA) is 129 Å². The first kappa shape index (κ1) is 29.2. The van der Waals surface area contributed by atoms with Gasteiger partial charge in [-0.1, -0.05) is 52.1 Å². The van der Waals surface area contributed by atoms with Gasteiger partial charge in [-0.3, -0.25) is 0 Å². The number of carbonyl (C=O) groups is 1. The summed E-state index contributed by atoms with van der Waals surface area (Å²) >= 11 is 19.5. The summed E-state index contributed by atoms with van der Waals surface area (Å²) in [5.74, 6) is 0.131. The molecule has 0 amide bonds. The second-order valence-electron chi connectivity index (χ2n) is 10.3. The predicted molar refractivity (Wildman–Crippen MR) is 155 cm³/mol. The molecule has 9 nitrogen and oxygen atoms in total. The zero-order valence-electron chi connectivity index (χ0n) is 22.1. The minimum absolute atomic E-state index is 0.0363. The number of pyridine rings is 1. The second-order valence-corrected chi connectivity index (χ2v) is 11.6. The lowest BCUT2D eigenvalue weighted by atomic mass is 9.93. The van der Waals surface area contributed by atoms with Crippen molar-refractivity contribution in [3.63, 3.8) is 0 Å². The Morgan fingerprint density at radius 1 is 1.12 bits per heavy atom. The first-order chi connectivity index (χ1) is 19.4. The number of β-amino-alcohol motifs (C(OH)–C–C–N with tert-alkyl or cyclic N) is 1. The molecule has 12 heteroatoms. The number of hydrogen-bond donors (Lipinski definition) is 3. The number of aromatic nitrogens is 2. The molecule has 0 spiro atoms. The number of hydrogen-bond acceptors (Lipinski definition) is 8. The Hall–Kier alpha value is -3.34. The average Bonchev–Trinajstić information content (AvgIpc) is 3.52. The minimum Gasteiger partial charge on any atom is -0.489 e. The molecule has 3 heterocycles. The summed E-state index contributed by atoms with van der Waals surface area (Å²) in [5, 5.41) is 36.5. The van der Waals surface area contributed by atoms with Gasteiger partial charge >= 0.3 is 5.97 Å². The van der Waals surface area contributed by atoms with Crippen LogP contribution in [0.2, 0.25) is 15.1 Å². The van der Waals surface area contributed by atoms with Crippen molar-refractivity contribution in [2.45, 2.75) is 38.1 Å². The van der Waals surface area contributed by atoms with E-state index in [0.29, 0.717) is 62.0 Å². The molecule has 2 aromatic carbocycles. The van der Waals surface area contributed by atoms with Gasteiger partial charge in [0.05, 0.1) is 32.7 Å². The molecule has 1 aliphatic heterocycles. The number of halogens is 3. The van der Waals surface area contributed by atoms with Gasteiger partial charge in [-0.15, -0.1) is 0 Å². The predicted octanol–water partition coefficient (Wildman–Crippen LogP) is 6.30. The summed E-state index contributed by atoms with van der Waals surface area (Å²) in [6.45, 7) is 3.84. The van der Waals surface area contributed by atoms with Crippen molar-refractivity contribution in [3.8, 4) is 17.0 Å². The summed E-state index contributed by atoms with van der Waals surface area (Å²) in [6.07, 6.45) is 1.69. The van der Waals surface area contributed by atoms with E-state index in [4.69, 9.17) is 49.2 Å². The van der Waals surface area contributed by atoms with Gasteiger partial charge in [-0.2, -0.15) is 0 Å². The molecule has 2 aromatic heterocycles. The summed E-state index contributed by atoms with van der Waals surface area (Å²) in [4.78, 5) is 17.2. The van der Waals surface area contributed by atoms with Crippen LogP contribution in [-0.4, -0.2) is 44.5 Å². The number of carboxylic acid groups (broad SMARTS) is 1. The Kier molecular flexibility index (Phi) is 7.93. The third kappa shape index (κ3) is 5.86. The largest absolute Gasteiger partial charge is 0.489 e. The molecular weight excluding hydrogens is 593 g/mol. The molecule has 1 fully saturated rings. The van der Waals surface area contributed by atoms with E-state index in [-0.39, 0.29) is 24.5 Å². The standard InChI is InChI=1S/C29H26Cl3N3O6/c1-28(2,38)26-18(25(34-41-26)24-20(30)4-3-5-21(24)31)14-40-17-7-8-19(22(32)12-17)29(39)10-11-35(15-29)23-9-6-16(13-33-23)27(36)37/h3-9,12-13,38-39H,10-11,14-15H2,1-2H3,(H,36,37). The Morgan fingerprint density at radius 2 is 1.85 bits per heavy atom. The third-order valence-electron chi connectivity index (χ3n) is 6.94. The van der Waals surface area contributed by atoms with Gasteiger partial charge < -0.3 is 29.5 Å². The molecule has 0 bridgehead atoms. The maximum atomic E-state index is 11.5. The van der Waals surface area contributed by atoms with Gasteiger partial charge in [0.25, 0.3) is 0 Å². The zero-order valence-corrected chi connectivity index (χ0v) is 24.3. The number of carboxylic acids is 1. The van der Waals surface area contributed by atoms with Crippen LogP contribution >= 0.6 is 34.8 Å². The fourth-order valence-corrected chi connectivity index (χ4v) is 5.79. The Bertz CT molecular complexity index is 1580. The van der Waals surface area contributed by atoms with Crippen molar-refractivity contribution in [2.24, 2.45) is 0 Å². The molecule has 3 N–H and O–H groups in total. The van der Waals surface area contributed by atoms with E-state index in [0.717, 1.165) is 0 Å². The van der Waals surface area contributed by atoms with Crippen LogP contribution in [0.1, 0.15) is 47.5 Å². The molecule has 1 saturated heterocycles. The molecule has 0 saturated carbocycles. The summed E-state index contributed by atoms with van der Waals surface area (Å²) in [7, 11) is 0. The van der Waals surface area contributed by atoms with E-state index in [1.54, 1.807) is 56.3 Å². The highest BCUT2D eigenvalue weighted by molar-refractivity contribution is 6.39. The van der Waals surface area contributed by atoms with Crippen LogP contribution in [0.15, 0.2) is 59.3 Å². The smallest absolute Gasteiger partial charge is 0.337 e. The average molecular weight is 619 g/mol. The van der Waals surface area contributed by atoms with Crippen molar-refractivity contribution >= 4 is 46.6 Å². The van der Waals surface area contributed by atoms with Crippen LogP contribution in [-0.2, 0) is 17.8 Å². The number of aromatic carboxylic acids is 1. The quantitative estimate of drug-likeness (QED) is 0.208. The van der Waals surface area contributed by atoms with Crippen LogP contribution in [0.3, 0.4) is 0 Å². The molecule has 5 rings (SSSR count). The van der Waals surface area contributed by atoms with E-state index in [1.807, 2.05) is 4.90 Å². The highest BCUT2D eigenvalue weighted by Gasteiger charge is 2.40. The minimum atomic E-state index is -1.36. The molecule has 41 heavy (non-hydrogen) atoms. The molecule has 0 radical (unpaired) electrons. The first-order valence-corrected chi connectivity index (χ1v) is 13.8. The molecular formula is C29H26Cl3N3O6. The fourth-order valence-electron chi connectivity index (χ4n) is 4.87. The van der Waals surface area contributed by atoms with Gasteiger partial charge in [-0.05, 0) is 56.7 Å². The summed E-state index contributed by atoms with van der Waals surface area (Å²) in [6, 6.07) is 13.2. The number of anilines is 1. The molecule has 1 atom stereocenters. The SMILES string of the molecule is CC(C)(O)c1onc(-c2c(Cl)cccc2Cl)c1COc1ccc(C2(O)CCN(c3ccc(C(=O)O)cn3)C2)c(Cl)c1. The Morgan fingerprint density at radius 3 is 2.46 bits per heavy atom. The van der Waals surface area contributed by atoms with Gasteiger partial charge in [-0.25, -0.2) is 9.78 Å². The van der Waals surface area contributed by atoms with E-state index < -0.39 is 17.2 Å². The molecule has 1 aliphatic rings. The van der Waals surface area contributed by atoms with Crippen molar-refractivity contribution in [1.29, 1.82) is 0 Å². The van der Waals surface area contributed by atoms with Gasteiger partial charge in [0.15, 0.2) is 5.76 Å².